The third-order valence-electron chi connectivity index (χ3n) is 2.77. The molecule has 0 aliphatic carbocycles. The standard InChI is InChI=1S/C13H26N2/c1-6-8-9-11(3)10-13(15-14-5)12(4)7-2/h6,8,11-12,14H,7,9-10H2,1-5H3/b8-6+,15-13-. The Morgan fingerprint density at radius 2 is 2.07 bits per heavy atom. The Bertz CT molecular complexity index is 207. The summed E-state index contributed by atoms with van der Waals surface area (Å²) in [4.78, 5) is 0. The first-order chi connectivity index (χ1) is 7.15. The maximum atomic E-state index is 4.39. The first-order valence-corrected chi connectivity index (χ1v) is 5.99. The SMILES string of the molecule is C/C=C/CC(C)C/C(=N/NC)C(C)CC. The fourth-order valence-electron chi connectivity index (χ4n) is 1.54. The van der Waals surface area contributed by atoms with Crippen molar-refractivity contribution in [2.45, 2.75) is 47.0 Å². The third-order valence-corrected chi connectivity index (χ3v) is 2.77. The lowest BCUT2D eigenvalue weighted by Gasteiger charge is -2.16. The molecule has 0 aliphatic rings. The Kier molecular flexibility index (Phi) is 8.06. The summed E-state index contributed by atoms with van der Waals surface area (Å²) in [5.74, 6) is 1.27. The fraction of sp³-hybridized carbons (Fsp3) is 0.769. The van der Waals surface area contributed by atoms with Crippen LogP contribution in [0.2, 0.25) is 0 Å². The molecule has 0 amide bonds. The van der Waals surface area contributed by atoms with Crippen LogP contribution in [0.1, 0.15) is 47.0 Å². The molecule has 0 saturated heterocycles. The van der Waals surface area contributed by atoms with Gasteiger partial charge in [-0.05, 0) is 38.0 Å². The molecule has 0 radical (unpaired) electrons. The molecule has 2 atom stereocenters. The zero-order valence-corrected chi connectivity index (χ0v) is 10.9. The molecule has 0 rings (SSSR count). The van der Waals surface area contributed by atoms with Gasteiger partial charge in [0.25, 0.3) is 0 Å². The van der Waals surface area contributed by atoms with Gasteiger partial charge in [-0.2, -0.15) is 5.10 Å². The van der Waals surface area contributed by atoms with E-state index < -0.39 is 0 Å². The van der Waals surface area contributed by atoms with Crippen molar-refractivity contribution < 1.29 is 0 Å². The summed E-state index contributed by atoms with van der Waals surface area (Å²) >= 11 is 0. The van der Waals surface area contributed by atoms with Crippen LogP contribution in [0.15, 0.2) is 17.3 Å². The Morgan fingerprint density at radius 1 is 1.40 bits per heavy atom. The molecule has 2 nitrogen and oxygen atoms in total. The van der Waals surface area contributed by atoms with E-state index in [9.17, 15) is 0 Å². The summed E-state index contributed by atoms with van der Waals surface area (Å²) in [5, 5.41) is 4.39. The molecular weight excluding hydrogens is 184 g/mol. The van der Waals surface area contributed by atoms with Gasteiger partial charge in [-0.1, -0.05) is 32.9 Å². The smallest absolute Gasteiger partial charge is 0.0409 e. The van der Waals surface area contributed by atoms with E-state index in [1.54, 1.807) is 0 Å². The van der Waals surface area contributed by atoms with Crippen molar-refractivity contribution in [3.8, 4) is 0 Å². The molecule has 88 valence electrons. The zero-order chi connectivity index (χ0) is 11.7. The van der Waals surface area contributed by atoms with Gasteiger partial charge < -0.3 is 5.43 Å². The number of nitrogens with one attached hydrogen (secondary N) is 1. The van der Waals surface area contributed by atoms with Gasteiger partial charge in [-0.15, -0.1) is 0 Å². The van der Waals surface area contributed by atoms with Gasteiger partial charge in [-0.25, -0.2) is 0 Å². The topological polar surface area (TPSA) is 24.4 Å². The molecule has 0 aromatic heterocycles. The molecule has 0 aromatic carbocycles. The zero-order valence-electron chi connectivity index (χ0n) is 10.9. The molecular formula is C13H26N2. The van der Waals surface area contributed by atoms with Crippen molar-refractivity contribution >= 4 is 5.71 Å². The van der Waals surface area contributed by atoms with Crippen molar-refractivity contribution in [3.05, 3.63) is 12.2 Å². The number of hydrazone groups is 1. The van der Waals surface area contributed by atoms with Crippen LogP contribution >= 0.6 is 0 Å². The second-order valence-electron chi connectivity index (χ2n) is 4.25. The highest BCUT2D eigenvalue weighted by molar-refractivity contribution is 5.86. The first kappa shape index (κ1) is 14.2. The summed E-state index contributed by atoms with van der Waals surface area (Å²) in [7, 11) is 1.87. The average Bonchev–Trinajstić information content (AvgIpc) is 2.24. The average molecular weight is 210 g/mol. The molecule has 1 N–H and O–H groups in total. The minimum Gasteiger partial charge on any atom is -0.313 e. The van der Waals surface area contributed by atoms with Gasteiger partial charge in [-0.3, -0.25) is 0 Å². The highest BCUT2D eigenvalue weighted by Crippen LogP contribution is 2.15. The minimum atomic E-state index is 0.588. The van der Waals surface area contributed by atoms with Gasteiger partial charge in [0.1, 0.15) is 0 Å². The molecule has 0 spiro atoms. The van der Waals surface area contributed by atoms with Gasteiger partial charge >= 0.3 is 0 Å². The van der Waals surface area contributed by atoms with Crippen molar-refractivity contribution in [3.63, 3.8) is 0 Å². The van der Waals surface area contributed by atoms with E-state index in [-0.39, 0.29) is 0 Å². The maximum absolute atomic E-state index is 4.39. The highest BCUT2D eigenvalue weighted by Gasteiger charge is 2.12. The van der Waals surface area contributed by atoms with Crippen molar-refractivity contribution in [2.24, 2.45) is 16.9 Å². The van der Waals surface area contributed by atoms with Gasteiger partial charge in [0.2, 0.25) is 0 Å². The molecule has 2 unspecified atom stereocenters. The van der Waals surface area contributed by atoms with Gasteiger partial charge in [0.15, 0.2) is 0 Å². The van der Waals surface area contributed by atoms with Gasteiger partial charge in [0, 0.05) is 12.8 Å². The summed E-state index contributed by atoms with van der Waals surface area (Å²) < 4.78 is 0. The Hall–Kier alpha value is -0.790. The highest BCUT2D eigenvalue weighted by atomic mass is 15.3. The van der Waals surface area contributed by atoms with Crippen LogP contribution in [0.25, 0.3) is 0 Å². The van der Waals surface area contributed by atoms with E-state index in [4.69, 9.17) is 0 Å². The second-order valence-corrected chi connectivity index (χ2v) is 4.25. The minimum absolute atomic E-state index is 0.588. The first-order valence-electron chi connectivity index (χ1n) is 5.99. The number of nitrogens with zero attached hydrogens (tertiary/aromatic N) is 1. The maximum Gasteiger partial charge on any atom is 0.0409 e. The fourth-order valence-corrected chi connectivity index (χ4v) is 1.54. The van der Waals surface area contributed by atoms with E-state index in [0.717, 1.165) is 19.3 Å². The second kappa shape index (κ2) is 8.51. The molecule has 15 heavy (non-hydrogen) atoms. The molecule has 0 fully saturated rings. The van der Waals surface area contributed by atoms with Crippen LogP contribution in [0.3, 0.4) is 0 Å². The molecule has 0 saturated carbocycles. The lowest BCUT2D eigenvalue weighted by molar-refractivity contribution is 0.587. The third kappa shape index (κ3) is 6.32. The lowest BCUT2D eigenvalue weighted by atomic mass is 9.92. The molecule has 0 aliphatic heterocycles. The summed E-state index contributed by atoms with van der Waals surface area (Å²) in [6, 6.07) is 0. The van der Waals surface area contributed by atoms with Crippen LogP contribution in [0.4, 0.5) is 0 Å². The Balaban J connectivity index is 4.22. The van der Waals surface area contributed by atoms with E-state index >= 15 is 0 Å². The Morgan fingerprint density at radius 3 is 2.53 bits per heavy atom. The summed E-state index contributed by atoms with van der Waals surface area (Å²) in [5.41, 5.74) is 4.22. The number of rotatable bonds is 7. The Labute approximate surface area is 94.8 Å². The van der Waals surface area contributed by atoms with E-state index in [0.29, 0.717) is 11.8 Å². The lowest BCUT2D eigenvalue weighted by Crippen LogP contribution is -2.17. The number of hydrogen-bond acceptors (Lipinski definition) is 2. The van der Waals surface area contributed by atoms with Crippen LogP contribution < -0.4 is 5.43 Å². The number of allylic oxidation sites excluding steroid dienone is 2. The predicted octanol–water partition coefficient (Wildman–Crippen LogP) is 3.60. The van der Waals surface area contributed by atoms with Crippen molar-refractivity contribution in [1.29, 1.82) is 0 Å². The molecule has 0 bridgehead atoms. The quantitative estimate of drug-likeness (QED) is 0.387. The van der Waals surface area contributed by atoms with Crippen LogP contribution in [-0.2, 0) is 0 Å². The van der Waals surface area contributed by atoms with Crippen LogP contribution in [0.5, 0.6) is 0 Å². The predicted molar refractivity (Wildman–Crippen MR) is 69.2 cm³/mol. The molecule has 0 heterocycles. The molecule has 0 aromatic rings. The van der Waals surface area contributed by atoms with Crippen LogP contribution in [0, 0.1) is 11.8 Å². The van der Waals surface area contributed by atoms with E-state index in [1.807, 2.05) is 7.05 Å². The van der Waals surface area contributed by atoms with E-state index in [1.165, 1.54) is 5.71 Å². The van der Waals surface area contributed by atoms with Gasteiger partial charge in [0.05, 0.1) is 0 Å². The van der Waals surface area contributed by atoms with Crippen LogP contribution in [-0.4, -0.2) is 12.8 Å². The van der Waals surface area contributed by atoms with Crippen molar-refractivity contribution in [2.75, 3.05) is 7.05 Å². The van der Waals surface area contributed by atoms with Crippen molar-refractivity contribution in [1.82, 2.24) is 5.43 Å². The largest absolute Gasteiger partial charge is 0.313 e. The molecule has 2 heteroatoms. The van der Waals surface area contributed by atoms with E-state index in [2.05, 4.69) is 50.4 Å². The normalized spacial score (nSPS) is 16.7. The monoisotopic (exact) mass is 210 g/mol. The summed E-state index contributed by atoms with van der Waals surface area (Å²) in [6.45, 7) is 8.82. The number of hydrogen-bond donors (Lipinski definition) is 1. The summed E-state index contributed by atoms with van der Waals surface area (Å²) in [6.07, 6.45) is 7.76.